The standard InChI is InChI=1S/C27H46N2/c1-18(29(7)8)19-11-13-25(5)21-10-9-20-23(2,3)22(28-6)12-14-26(20)17-27(21,26)16-15-24(19,25)4/h9-10,18-22,28H,11-17H2,1-8H3. The second-order valence-corrected chi connectivity index (χ2v) is 13.2. The van der Waals surface area contributed by atoms with Crippen molar-refractivity contribution in [2.24, 2.45) is 44.8 Å². The molecule has 0 aromatic rings. The van der Waals surface area contributed by atoms with Gasteiger partial charge in [0.1, 0.15) is 0 Å². The topological polar surface area (TPSA) is 15.3 Å². The average molecular weight is 399 g/mol. The fourth-order valence-corrected chi connectivity index (χ4v) is 10.3. The van der Waals surface area contributed by atoms with Gasteiger partial charge < -0.3 is 10.2 Å². The lowest BCUT2D eigenvalue weighted by Crippen LogP contribution is -2.58. The van der Waals surface area contributed by atoms with Crippen molar-refractivity contribution in [3.63, 3.8) is 0 Å². The monoisotopic (exact) mass is 398 g/mol. The van der Waals surface area contributed by atoms with Crippen LogP contribution < -0.4 is 5.32 Å². The molecule has 5 aliphatic rings. The van der Waals surface area contributed by atoms with Crippen LogP contribution in [0.2, 0.25) is 0 Å². The van der Waals surface area contributed by atoms with Gasteiger partial charge in [0.2, 0.25) is 0 Å². The van der Waals surface area contributed by atoms with Crippen LogP contribution in [0.15, 0.2) is 12.2 Å². The SMILES string of the molecule is CNC1CCC23CC24CCC2(C)C(C(C)N(C)C)CCC2(C)C4C=CC3C1(C)C. The largest absolute Gasteiger partial charge is 0.316 e. The number of rotatable bonds is 3. The zero-order valence-corrected chi connectivity index (χ0v) is 20.4. The Balaban J connectivity index is 1.54. The fraction of sp³-hybridized carbons (Fsp3) is 0.926. The Labute approximate surface area is 180 Å². The van der Waals surface area contributed by atoms with E-state index in [1.807, 2.05) is 0 Å². The Kier molecular flexibility index (Phi) is 4.19. The van der Waals surface area contributed by atoms with E-state index in [0.29, 0.717) is 39.2 Å². The lowest BCUT2D eigenvalue weighted by molar-refractivity contribution is -0.102. The molecule has 4 saturated carbocycles. The van der Waals surface area contributed by atoms with Crippen molar-refractivity contribution in [2.45, 2.75) is 91.6 Å². The van der Waals surface area contributed by atoms with Crippen LogP contribution in [0, 0.1) is 44.8 Å². The summed E-state index contributed by atoms with van der Waals surface area (Å²) in [5, 5.41) is 3.67. The molecular weight excluding hydrogens is 352 g/mol. The molecule has 0 amide bonds. The van der Waals surface area contributed by atoms with Crippen LogP contribution in [-0.2, 0) is 0 Å². The summed E-state index contributed by atoms with van der Waals surface area (Å²) in [6.45, 7) is 13.0. The van der Waals surface area contributed by atoms with Gasteiger partial charge in [-0.2, -0.15) is 0 Å². The van der Waals surface area contributed by atoms with Crippen molar-refractivity contribution in [1.82, 2.24) is 10.2 Å². The summed E-state index contributed by atoms with van der Waals surface area (Å²) in [6.07, 6.45) is 15.7. The van der Waals surface area contributed by atoms with E-state index in [1.54, 1.807) is 0 Å². The summed E-state index contributed by atoms with van der Waals surface area (Å²) < 4.78 is 0. The summed E-state index contributed by atoms with van der Waals surface area (Å²) in [6, 6.07) is 1.35. The molecule has 2 nitrogen and oxygen atoms in total. The Morgan fingerprint density at radius 3 is 2.17 bits per heavy atom. The van der Waals surface area contributed by atoms with Gasteiger partial charge in [-0.1, -0.05) is 39.8 Å². The minimum absolute atomic E-state index is 0.372. The zero-order valence-electron chi connectivity index (χ0n) is 20.4. The minimum atomic E-state index is 0.372. The number of nitrogens with one attached hydrogen (secondary N) is 1. The first-order valence-corrected chi connectivity index (χ1v) is 12.5. The molecule has 9 atom stereocenters. The first-order valence-electron chi connectivity index (χ1n) is 12.5. The highest BCUT2D eigenvalue weighted by molar-refractivity contribution is 5.36. The molecule has 0 aromatic heterocycles. The predicted octanol–water partition coefficient (Wildman–Crippen LogP) is 5.74. The third-order valence-corrected chi connectivity index (χ3v) is 12.4. The first-order chi connectivity index (χ1) is 13.5. The molecule has 0 aliphatic heterocycles. The van der Waals surface area contributed by atoms with E-state index in [4.69, 9.17) is 0 Å². The molecule has 5 rings (SSSR count). The van der Waals surface area contributed by atoms with Gasteiger partial charge in [0.25, 0.3) is 0 Å². The van der Waals surface area contributed by atoms with Crippen molar-refractivity contribution >= 4 is 0 Å². The van der Waals surface area contributed by atoms with E-state index in [-0.39, 0.29) is 0 Å². The van der Waals surface area contributed by atoms with Crippen LogP contribution in [0.5, 0.6) is 0 Å². The number of fused-ring (bicyclic) bond motifs is 2. The molecule has 0 heterocycles. The highest BCUT2D eigenvalue weighted by atomic mass is 15.1. The Morgan fingerprint density at radius 2 is 1.52 bits per heavy atom. The number of allylic oxidation sites excluding steroid dienone is 2. The number of hydrogen-bond donors (Lipinski definition) is 1. The van der Waals surface area contributed by atoms with Gasteiger partial charge in [0.15, 0.2) is 0 Å². The van der Waals surface area contributed by atoms with E-state index in [9.17, 15) is 0 Å². The van der Waals surface area contributed by atoms with Gasteiger partial charge in [-0.05, 0) is 118 Å². The van der Waals surface area contributed by atoms with Crippen molar-refractivity contribution in [2.75, 3.05) is 21.1 Å². The van der Waals surface area contributed by atoms with E-state index in [2.05, 4.69) is 78.1 Å². The lowest BCUT2D eigenvalue weighted by atomic mass is 9.43. The van der Waals surface area contributed by atoms with E-state index >= 15 is 0 Å². The number of nitrogens with zero attached hydrogens (tertiary/aromatic N) is 1. The van der Waals surface area contributed by atoms with Gasteiger partial charge in [-0.15, -0.1) is 0 Å². The Bertz CT molecular complexity index is 724. The molecular formula is C27H46N2. The molecule has 9 unspecified atom stereocenters. The molecule has 2 heteroatoms. The average Bonchev–Trinajstić information content (AvgIpc) is 3.24. The third-order valence-electron chi connectivity index (χ3n) is 12.4. The van der Waals surface area contributed by atoms with Crippen molar-refractivity contribution in [3.05, 3.63) is 12.2 Å². The highest BCUT2D eigenvalue weighted by Gasteiger charge is 2.81. The van der Waals surface area contributed by atoms with E-state index < -0.39 is 0 Å². The van der Waals surface area contributed by atoms with Crippen molar-refractivity contribution < 1.29 is 0 Å². The van der Waals surface area contributed by atoms with Gasteiger partial charge >= 0.3 is 0 Å². The summed E-state index contributed by atoms with van der Waals surface area (Å²) in [7, 11) is 6.76. The highest BCUT2D eigenvalue weighted by Crippen LogP contribution is 2.87. The molecule has 0 saturated heterocycles. The molecule has 4 fully saturated rings. The summed E-state index contributed by atoms with van der Waals surface area (Å²) in [4.78, 5) is 2.49. The predicted molar refractivity (Wildman–Crippen MR) is 123 cm³/mol. The molecule has 2 spiro atoms. The first kappa shape index (κ1) is 20.6. The van der Waals surface area contributed by atoms with E-state index in [0.717, 1.165) is 17.8 Å². The van der Waals surface area contributed by atoms with Gasteiger partial charge in [-0.3, -0.25) is 0 Å². The Morgan fingerprint density at radius 1 is 0.862 bits per heavy atom. The Hall–Kier alpha value is -0.340. The maximum Gasteiger partial charge on any atom is 0.0121 e. The molecule has 1 N–H and O–H groups in total. The molecule has 0 bridgehead atoms. The van der Waals surface area contributed by atoms with Crippen LogP contribution in [0.1, 0.15) is 79.6 Å². The fourth-order valence-electron chi connectivity index (χ4n) is 10.3. The lowest BCUT2D eigenvalue weighted by Gasteiger charge is -2.62. The van der Waals surface area contributed by atoms with Crippen molar-refractivity contribution in [1.29, 1.82) is 0 Å². The second kappa shape index (κ2) is 5.91. The summed E-state index contributed by atoms with van der Waals surface area (Å²) >= 11 is 0. The zero-order chi connectivity index (χ0) is 21.0. The van der Waals surface area contributed by atoms with Crippen molar-refractivity contribution in [3.8, 4) is 0 Å². The van der Waals surface area contributed by atoms with Gasteiger partial charge in [0, 0.05) is 12.1 Å². The minimum Gasteiger partial charge on any atom is -0.316 e. The molecule has 0 aromatic carbocycles. The normalized spacial score (nSPS) is 55.6. The molecule has 5 aliphatic carbocycles. The summed E-state index contributed by atoms with van der Waals surface area (Å²) in [5.41, 5.74) is 2.57. The van der Waals surface area contributed by atoms with E-state index in [1.165, 1.54) is 44.9 Å². The van der Waals surface area contributed by atoms with Gasteiger partial charge in [-0.25, -0.2) is 0 Å². The molecule has 164 valence electrons. The maximum absolute atomic E-state index is 3.67. The maximum atomic E-state index is 3.67. The van der Waals surface area contributed by atoms with Crippen LogP contribution in [0.4, 0.5) is 0 Å². The molecule has 29 heavy (non-hydrogen) atoms. The van der Waals surface area contributed by atoms with Crippen LogP contribution in [0.25, 0.3) is 0 Å². The van der Waals surface area contributed by atoms with Crippen LogP contribution in [0.3, 0.4) is 0 Å². The summed E-state index contributed by atoms with van der Waals surface area (Å²) in [5.74, 6) is 2.42. The van der Waals surface area contributed by atoms with Crippen LogP contribution >= 0.6 is 0 Å². The second-order valence-electron chi connectivity index (χ2n) is 13.2. The molecule has 0 radical (unpaired) electrons. The smallest absolute Gasteiger partial charge is 0.0121 e. The quantitative estimate of drug-likeness (QED) is 0.610. The van der Waals surface area contributed by atoms with Crippen LogP contribution in [-0.4, -0.2) is 38.1 Å². The van der Waals surface area contributed by atoms with Gasteiger partial charge in [0.05, 0.1) is 0 Å². The third kappa shape index (κ3) is 2.17. The number of hydrogen-bond acceptors (Lipinski definition) is 2.